The van der Waals surface area contributed by atoms with Gasteiger partial charge in [-0.3, -0.25) is 9.59 Å². The summed E-state index contributed by atoms with van der Waals surface area (Å²) in [5.74, 6) is 0.517. The van der Waals surface area contributed by atoms with Crippen molar-refractivity contribution in [3.63, 3.8) is 0 Å². The van der Waals surface area contributed by atoms with Gasteiger partial charge >= 0.3 is 0 Å². The molecule has 1 aliphatic rings. The van der Waals surface area contributed by atoms with Crippen LogP contribution in [0.15, 0.2) is 53.0 Å². The molecule has 1 unspecified atom stereocenters. The number of ether oxygens (including phenoxy) is 1. The van der Waals surface area contributed by atoms with Crippen LogP contribution < -0.4 is 15.0 Å². The maximum Gasteiger partial charge on any atom is 0.227 e. The number of nitrogens with zero attached hydrogens (tertiary/aromatic N) is 1. The van der Waals surface area contributed by atoms with E-state index in [1.54, 1.807) is 4.90 Å². The fourth-order valence-corrected chi connectivity index (χ4v) is 3.20. The number of carbonyl (C=O) groups excluding carboxylic acids is 2. The van der Waals surface area contributed by atoms with Crippen LogP contribution in [0, 0.1) is 0 Å². The molecule has 2 aromatic rings. The second-order valence-corrected chi connectivity index (χ2v) is 7.12. The van der Waals surface area contributed by atoms with Crippen LogP contribution in [0.3, 0.4) is 0 Å². The van der Waals surface area contributed by atoms with E-state index in [9.17, 15) is 9.59 Å². The average molecular weight is 417 g/mol. The summed E-state index contributed by atoms with van der Waals surface area (Å²) < 4.78 is 6.56. The maximum absolute atomic E-state index is 12.5. The molecular formula is C20H21BrN2O3. The SMILES string of the molecule is CC(NC(=O)CCC(=O)N1CCOc2ccccc21)c1ccc(Br)cc1. The molecule has 0 fully saturated rings. The number of amides is 2. The molecule has 6 heteroatoms. The number of anilines is 1. The molecule has 2 aromatic carbocycles. The van der Waals surface area contributed by atoms with Crippen molar-refractivity contribution in [2.24, 2.45) is 0 Å². The van der Waals surface area contributed by atoms with Gasteiger partial charge in [0, 0.05) is 17.3 Å². The first-order valence-electron chi connectivity index (χ1n) is 8.61. The number of nitrogens with one attached hydrogen (secondary N) is 1. The van der Waals surface area contributed by atoms with Crippen LogP contribution in [-0.2, 0) is 9.59 Å². The Labute approximate surface area is 161 Å². The number of para-hydroxylation sites is 2. The van der Waals surface area contributed by atoms with Gasteiger partial charge in [0.15, 0.2) is 0 Å². The first-order valence-corrected chi connectivity index (χ1v) is 9.41. The molecule has 1 N–H and O–H groups in total. The lowest BCUT2D eigenvalue weighted by atomic mass is 10.1. The van der Waals surface area contributed by atoms with E-state index in [-0.39, 0.29) is 30.7 Å². The van der Waals surface area contributed by atoms with Crippen molar-refractivity contribution in [1.82, 2.24) is 5.32 Å². The first kappa shape index (κ1) is 18.5. The van der Waals surface area contributed by atoms with Crippen LogP contribution in [0.5, 0.6) is 5.75 Å². The number of fused-ring (bicyclic) bond motifs is 1. The minimum atomic E-state index is -0.129. The fraction of sp³-hybridized carbons (Fsp3) is 0.300. The highest BCUT2D eigenvalue weighted by molar-refractivity contribution is 9.10. The van der Waals surface area contributed by atoms with Gasteiger partial charge in [0.2, 0.25) is 11.8 Å². The Morgan fingerprint density at radius 2 is 1.88 bits per heavy atom. The van der Waals surface area contributed by atoms with Crippen LogP contribution in [-0.4, -0.2) is 25.0 Å². The highest BCUT2D eigenvalue weighted by atomic mass is 79.9. The van der Waals surface area contributed by atoms with Gasteiger partial charge < -0.3 is 15.0 Å². The standard InChI is InChI=1S/C20H21BrN2O3/c1-14(15-6-8-16(21)9-7-15)22-19(24)10-11-20(25)23-12-13-26-18-5-3-2-4-17(18)23/h2-9,14H,10-13H2,1H3,(H,22,24). The maximum atomic E-state index is 12.5. The molecule has 0 saturated heterocycles. The topological polar surface area (TPSA) is 58.6 Å². The smallest absolute Gasteiger partial charge is 0.227 e. The minimum absolute atomic E-state index is 0.0628. The third-order valence-corrected chi connectivity index (χ3v) is 4.87. The van der Waals surface area contributed by atoms with Gasteiger partial charge in [0.05, 0.1) is 18.3 Å². The van der Waals surface area contributed by atoms with E-state index in [0.29, 0.717) is 18.9 Å². The van der Waals surface area contributed by atoms with Gasteiger partial charge in [-0.25, -0.2) is 0 Å². The van der Waals surface area contributed by atoms with Gasteiger partial charge in [-0.2, -0.15) is 0 Å². The molecule has 1 atom stereocenters. The molecule has 0 radical (unpaired) electrons. The molecule has 3 rings (SSSR count). The lowest BCUT2D eigenvalue weighted by Gasteiger charge is -2.29. The summed E-state index contributed by atoms with van der Waals surface area (Å²) in [6.07, 6.45) is 0.340. The zero-order valence-corrected chi connectivity index (χ0v) is 16.2. The van der Waals surface area contributed by atoms with Crippen molar-refractivity contribution in [2.75, 3.05) is 18.1 Å². The van der Waals surface area contributed by atoms with Crippen LogP contribution in [0.1, 0.15) is 31.4 Å². The minimum Gasteiger partial charge on any atom is -0.490 e. The van der Waals surface area contributed by atoms with Crippen LogP contribution >= 0.6 is 15.9 Å². The summed E-state index contributed by atoms with van der Waals surface area (Å²) in [6, 6.07) is 15.2. The average Bonchev–Trinajstić information content (AvgIpc) is 2.66. The molecule has 136 valence electrons. The van der Waals surface area contributed by atoms with E-state index >= 15 is 0 Å². The Morgan fingerprint density at radius 3 is 2.65 bits per heavy atom. The third kappa shape index (κ3) is 4.43. The highest BCUT2D eigenvalue weighted by Crippen LogP contribution is 2.31. The summed E-state index contributed by atoms with van der Waals surface area (Å²) in [4.78, 5) is 26.5. The van der Waals surface area contributed by atoms with E-state index in [2.05, 4.69) is 21.2 Å². The Kier molecular flexibility index (Phi) is 5.93. The molecule has 2 amide bonds. The Bertz CT molecular complexity index is 792. The van der Waals surface area contributed by atoms with Gasteiger partial charge in [-0.1, -0.05) is 40.2 Å². The number of carbonyl (C=O) groups is 2. The zero-order valence-electron chi connectivity index (χ0n) is 14.6. The summed E-state index contributed by atoms with van der Waals surface area (Å²) in [6.45, 7) is 2.91. The quantitative estimate of drug-likeness (QED) is 0.805. The van der Waals surface area contributed by atoms with Crippen molar-refractivity contribution >= 4 is 33.4 Å². The van der Waals surface area contributed by atoms with Gasteiger partial charge in [0.25, 0.3) is 0 Å². The monoisotopic (exact) mass is 416 g/mol. The molecule has 1 aliphatic heterocycles. The lowest BCUT2D eigenvalue weighted by Crippen LogP contribution is -2.38. The molecule has 0 aromatic heterocycles. The normalized spacial score (nSPS) is 14.2. The molecule has 5 nitrogen and oxygen atoms in total. The second-order valence-electron chi connectivity index (χ2n) is 6.20. The van der Waals surface area contributed by atoms with Crippen molar-refractivity contribution < 1.29 is 14.3 Å². The number of benzene rings is 2. The third-order valence-electron chi connectivity index (χ3n) is 4.34. The number of rotatable bonds is 5. The van der Waals surface area contributed by atoms with E-state index in [4.69, 9.17) is 4.74 Å². The molecule has 0 aliphatic carbocycles. The van der Waals surface area contributed by atoms with Crippen LogP contribution in [0.2, 0.25) is 0 Å². The summed E-state index contributed by atoms with van der Waals surface area (Å²) in [7, 11) is 0. The van der Waals surface area contributed by atoms with Gasteiger partial charge in [-0.05, 0) is 36.8 Å². The Hall–Kier alpha value is -2.34. The summed E-state index contributed by atoms with van der Waals surface area (Å²) in [5.41, 5.74) is 1.79. The van der Waals surface area contributed by atoms with Gasteiger partial charge in [0.1, 0.15) is 12.4 Å². The predicted octanol–water partition coefficient (Wildman–Crippen LogP) is 3.83. The predicted molar refractivity (Wildman–Crippen MR) is 104 cm³/mol. The van der Waals surface area contributed by atoms with Crippen LogP contribution in [0.25, 0.3) is 0 Å². The number of hydrogen-bond acceptors (Lipinski definition) is 3. The van der Waals surface area contributed by atoms with Crippen molar-refractivity contribution in [3.05, 3.63) is 58.6 Å². The van der Waals surface area contributed by atoms with E-state index < -0.39 is 0 Å². The lowest BCUT2D eigenvalue weighted by molar-refractivity contribution is -0.125. The Balaban J connectivity index is 1.53. The molecule has 26 heavy (non-hydrogen) atoms. The van der Waals surface area contributed by atoms with E-state index in [0.717, 1.165) is 15.7 Å². The second kappa shape index (κ2) is 8.36. The molecule has 1 heterocycles. The molecular weight excluding hydrogens is 396 g/mol. The largest absolute Gasteiger partial charge is 0.490 e. The molecule has 0 spiro atoms. The van der Waals surface area contributed by atoms with Crippen molar-refractivity contribution in [3.8, 4) is 5.75 Å². The van der Waals surface area contributed by atoms with E-state index in [1.807, 2.05) is 55.5 Å². The summed E-state index contributed by atoms with van der Waals surface area (Å²) >= 11 is 3.40. The van der Waals surface area contributed by atoms with E-state index in [1.165, 1.54) is 0 Å². The Morgan fingerprint density at radius 1 is 1.15 bits per heavy atom. The zero-order chi connectivity index (χ0) is 18.5. The van der Waals surface area contributed by atoms with Crippen LogP contribution in [0.4, 0.5) is 5.69 Å². The van der Waals surface area contributed by atoms with Crippen molar-refractivity contribution in [1.29, 1.82) is 0 Å². The number of hydrogen-bond donors (Lipinski definition) is 1. The first-order chi connectivity index (χ1) is 12.5. The van der Waals surface area contributed by atoms with Crippen molar-refractivity contribution in [2.45, 2.75) is 25.8 Å². The number of halogens is 1. The molecule has 0 saturated carbocycles. The molecule has 0 bridgehead atoms. The summed E-state index contributed by atoms with van der Waals surface area (Å²) in [5, 5.41) is 2.94. The fourth-order valence-electron chi connectivity index (χ4n) is 2.93. The van der Waals surface area contributed by atoms with Gasteiger partial charge in [-0.15, -0.1) is 0 Å². The highest BCUT2D eigenvalue weighted by Gasteiger charge is 2.23.